The Bertz CT molecular complexity index is 1030. The Morgan fingerprint density at radius 1 is 0.933 bits per heavy atom. The molecule has 0 aliphatic rings. The largest absolute Gasteiger partial charge is 0.462 e. The maximum absolute atomic E-state index is 12.7. The van der Waals surface area contributed by atoms with E-state index in [4.69, 9.17) is 9.47 Å². The van der Waals surface area contributed by atoms with E-state index >= 15 is 0 Å². The van der Waals surface area contributed by atoms with Crippen LogP contribution in [0.5, 0.6) is 0 Å². The molecule has 1 aromatic heterocycles. The monoisotopic (exact) mass is 409 g/mol. The maximum Gasteiger partial charge on any atom is 0.338 e. The number of esters is 2. The predicted octanol–water partition coefficient (Wildman–Crippen LogP) is 2.27. The molecule has 1 amide bonds. The standard InChI is InChI=1S/C20H19N5O5/c1-3-29-19(27)14-8-15(20(28)30-4-2)10-16(9-14)22-18(26)13-6-5-7-17(11-13)25-12-21-23-24-25/h5-12H,3-4H2,1-2H3,(H,22,26). The smallest absolute Gasteiger partial charge is 0.338 e. The first kappa shape index (κ1) is 20.6. The lowest BCUT2D eigenvalue weighted by molar-refractivity contribution is 0.0525. The molecule has 0 atom stereocenters. The molecule has 3 aromatic rings. The van der Waals surface area contributed by atoms with Gasteiger partial charge in [-0.25, -0.2) is 14.3 Å². The number of ether oxygens (including phenoxy) is 2. The Balaban J connectivity index is 1.89. The van der Waals surface area contributed by atoms with Gasteiger partial charge in [0.1, 0.15) is 6.33 Å². The van der Waals surface area contributed by atoms with Crippen LogP contribution in [0, 0.1) is 0 Å². The molecule has 3 rings (SSSR count). The molecule has 30 heavy (non-hydrogen) atoms. The van der Waals surface area contributed by atoms with Gasteiger partial charge in [0.25, 0.3) is 5.91 Å². The SMILES string of the molecule is CCOC(=O)c1cc(NC(=O)c2cccc(-n3cnnn3)c2)cc(C(=O)OCC)c1. The minimum atomic E-state index is -0.611. The van der Waals surface area contributed by atoms with Gasteiger partial charge < -0.3 is 14.8 Å². The molecule has 0 radical (unpaired) electrons. The summed E-state index contributed by atoms with van der Waals surface area (Å²) in [6, 6.07) is 10.9. The summed E-state index contributed by atoms with van der Waals surface area (Å²) in [5, 5.41) is 13.6. The number of carbonyl (C=O) groups is 3. The van der Waals surface area contributed by atoms with Crippen molar-refractivity contribution in [3.05, 3.63) is 65.5 Å². The van der Waals surface area contributed by atoms with Gasteiger partial charge in [-0.3, -0.25) is 4.79 Å². The van der Waals surface area contributed by atoms with Crippen LogP contribution in [0.3, 0.4) is 0 Å². The Labute approximate surface area is 171 Å². The fourth-order valence-electron chi connectivity index (χ4n) is 2.64. The Morgan fingerprint density at radius 3 is 2.17 bits per heavy atom. The molecule has 0 fully saturated rings. The van der Waals surface area contributed by atoms with Gasteiger partial charge in [0, 0.05) is 11.3 Å². The molecule has 10 nitrogen and oxygen atoms in total. The molecule has 1 heterocycles. The van der Waals surface area contributed by atoms with Gasteiger partial charge in [-0.2, -0.15) is 0 Å². The van der Waals surface area contributed by atoms with E-state index in [1.807, 2.05) is 0 Å². The molecule has 154 valence electrons. The van der Waals surface area contributed by atoms with Crippen molar-refractivity contribution in [1.82, 2.24) is 20.2 Å². The number of amides is 1. The second-order valence-electron chi connectivity index (χ2n) is 6.00. The van der Waals surface area contributed by atoms with Crippen molar-refractivity contribution in [1.29, 1.82) is 0 Å². The van der Waals surface area contributed by atoms with E-state index in [2.05, 4.69) is 20.8 Å². The second-order valence-corrected chi connectivity index (χ2v) is 6.00. The number of nitrogens with zero attached hydrogens (tertiary/aromatic N) is 4. The predicted molar refractivity (Wildman–Crippen MR) is 105 cm³/mol. The molecule has 0 unspecified atom stereocenters. The number of benzene rings is 2. The summed E-state index contributed by atoms with van der Waals surface area (Å²) in [6.45, 7) is 3.70. The van der Waals surface area contributed by atoms with Crippen LogP contribution < -0.4 is 5.32 Å². The molecule has 2 aromatic carbocycles. The van der Waals surface area contributed by atoms with Crippen LogP contribution in [0.1, 0.15) is 44.9 Å². The highest BCUT2D eigenvalue weighted by Gasteiger charge is 2.16. The van der Waals surface area contributed by atoms with E-state index in [1.54, 1.807) is 38.1 Å². The van der Waals surface area contributed by atoms with Crippen molar-refractivity contribution >= 4 is 23.5 Å². The topological polar surface area (TPSA) is 125 Å². The summed E-state index contributed by atoms with van der Waals surface area (Å²) in [6.07, 6.45) is 1.41. The Hall–Kier alpha value is -4.08. The highest BCUT2D eigenvalue weighted by Crippen LogP contribution is 2.19. The first-order valence-corrected chi connectivity index (χ1v) is 9.16. The number of anilines is 1. The lowest BCUT2D eigenvalue weighted by Crippen LogP contribution is -2.15. The van der Waals surface area contributed by atoms with Crippen molar-refractivity contribution in [2.45, 2.75) is 13.8 Å². The van der Waals surface area contributed by atoms with E-state index in [-0.39, 0.29) is 30.0 Å². The summed E-state index contributed by atoms with van der Waals surface area (Å²) in [5.41, 5.74) is 1.43. The quantitative estimate of drug-likeness (QED) is 0.589. The summed E-state index contributed by atoms with van der Waals surface area (Å²) in [4.78, 5) is 37.1. The first-order chi connectivity index (χ1) is 14.5. The number of hydrogen-bond donors (Lipinski definition) is 1. The van der Waals surface area contributed by atoms with E-state index in [9.17, 15) is 14.4 Å². The van der Waals surface area contributed by atoms with Crippen LogP contribution in [0.25, 0.3) is 5.69 Å². The normalized spacial score (nSPS) is 10.3. The molecular weight excluding hydrogens is 390 g/mol. The van der Waals surface area contributed by atoms with E-state index in [1.165, 1.54) is 29.2 Å². The minimum Gasteiger partial charge on any atom is -0.462 e. The number of aromatic nitrogens is 4. The highest BCUT2D eigenvalue weighted by molar-refractivity contribution is 6.06. The average Bonchev–Trinajstić information content (AvgIpc) is 3.29. The fraction of sp³-hybridized carbons (Fsp3) is 0.200. The van der Waals surface area contributed by atoms with Crippen LogP contribution in [-0.2, 0) is 9.47 Å². The summed E-state index contributed by atoms with van der Waals surface area (Å²) >= 11 is 0. The fourth-order valence-corrected chi connectivity index (χ4v) is 2.64. The summed E-state index contributed by atoms with van der Waals surface area (Å²) in [7, 11) is 0. The molecule has 0 saturated heterocycles. The van der Waals surface area contributed by atoms with Crippen LogP contribution in [0.2, 0.25) is 0 Å². The number of tetrazole rings is 1. The van der Waals surface area contributed by atoms with Gasteiger partial charge in [-0.05, 0) is 60.7 Å². The van der Waals surface area contributed by atoms with Crippen LogP contribution in [0.15, 0.2) is 48.8 Å². The molecule has 0 bridgehead atoms. The number of hydrogen-bond acceptors (Lipinski definition) is 8. The number of rotatable bonds is 7. The summed E-state index contributed by atoms with van der Waals surface area (Å²) < 4.78 is 11.4. The molecular formula is C20H19N5O5. The van der Waals surface area contributed by atoms with Gasteiger partial charge in [0.15, 0.2) is 0 Å². The van der Waals surface area contributed by atoms with Crippen molar-refractivity contribution in [2.75, 3.05) is 18.5 Å². The van der Waals surface area contributed by atoms with Crippen molar-refractivity contribution in [3.63, 3.8) is 0 Å². The van der Waals surface area contributed by atoms with Gasteiger partial charge in [0.2, 0.25) is 0 Å². The second kappa shape index (κ2) is 9.41. The van der Waals surface area contributed by atoms with E-state index in [0.29, 0.717) is 11.3 Å². The summed E-state index contributed by atoms with van der Waals surface area (Å²) in [5.74, 6) is -1.67. The third kappa shape index (κ3) is 4.85. The molecule has 1 N–H and O–H groups in total. The molecule has 0 spiro atoms. The molecule has 0 aliphatic carbocycles. The van der Waals surface area contributed by atoms with Crippen LogP contribution >= 0.6 is 0 Å². The molecule has 10 heteroatoms. The lowest BCUT2D eigenvalue weighted by atomic mass is 10.1. The average molecular weight is 409 g/mol. The van der Waals surface area contributed by atoms with Crippen molar-refractivity contribution in [2.24, 2.45) is 0 Å². The molecule has 0 saturated carbocycles. The number of carbonyl (C=O) groups excluding carboxylic acids is 3. The Kier molecular flexibility index (Phi) is 6.48. The molecule has 0 aliphatic heterocycles. The third-order valence-electron chi connectivity index (χ3n) is 3.94. The van der Waals surface area contributed by atoms with Gasteiger partial charge in [-0.1, -0.05) is 6.07 Å². The zero-order valence-corrected chi connectivity index (χ0v) is 16.4. The van der Waals surface area contributed by atoms with Crippen LogP contribution in [-0.4, -0.2) is 51.3 Å². The van der Waals surface area contributed by atoms with E-state index < -0.39 is 17.8 Å². The van der Waals surface area contributed by atoms with Crippen LogP contribution in [0.4, 0.5) is 5.69 Å². The van der Waals surface area contributed by atoms with Gasteiger partial charge in [-0.15, -0.1) is 5.10 Å². The van der Waals surface area contributed by atoms with Gasteiger partial charge in [0.05, 0.1) is 30.0 Å². The van der Waals surface area contributed by atoms with Crippen molar-refractivity contribution in [3.8, 4) is 5.69 Å². The zero-order valence-electron chi connectivity index (χ0n) is 16.4. The number of nitrogens with one attached hydrogen (secondary N) is 1. The van der Waals surface area contributed by atoms with Gasteiger partial charge >= 0.3 is 11.9 Å². The minimum absolute atomic E-state index is 0.125. The highest BCUT2D eigenvalue weighted by atomic mass is 16.5. The lowest BCUT2D eigenvalue weighted by Gasteiger charge is -2.11. The third-order valence-corrected chi connectivity index (χ3v) is 3.94. The zero-order chi connectivity index (χ0) is 21.5. The maximum atomic E-state index is 12.7. The Morgan fingerprint density at radius 2 is 1.60 bits per heavy atom. The first-order valence-electron chi connectivity index (χ1n) is 9.16. The van der Waals surface area contributed by atoms with E-state index in [0.717, 1.165) is 0 Å². The van der Waals surface area contributed by atoms with Crippen molar-refractivity contribution < 1.29 is 23.9 Å².